The standard InChI is InChI=1S/C16H10INS/c17-15-10-14-16(19-15)12-8-4-5-9-13(12)18(14)11-6-2-1-3-7-11/h1-10H. The molecule has 1 nitrogen and oxygen atoms in total. The van der Waals surface area contributed by atoms with Gasteiger partial charge in [0.2, 0.25) is 0 Å². The van der Waals surface area contributed by atoms with Crippen LogP contribution in [0.5, 0.6) is 0 Å². The predicted molar refractivity (Wildman–Crippen MR) is 91.4 cm³/mol. The molecule has 0 aliphatic heterocycles. The summed E-state index contributed by atoms with van der Waals surface area (Å²) in [6.45, 7) is 0. The highest BCUT2D eigenvalue weighted by Gasteiger charge is 2.13. The first-order chi connectivity index (χ1) is 9.34. The number of hydrogen-bond acceptors (Lipinski definition) is 1. The molecule has 0 amide bonds. The Morgan fingerprint density at radius 1 is 0.842 bits per heavy atom. The highest BCUT2D eigenvalue weighted by Crippen LogP contribution is 2.37. The first-order valence-electron chi connectivity index (χ1n) is 6.08. The van der Waals surface area contributed by atoms with Gasteiger partial charge in [-0.1, -0.05) is 36.4 Å². The van der Waals surface area contributed by atoms with Gasteiger partial charge in [0.25, 0.3) is 0 Å². The number of aromatic nitrogens is 1. The van der Waals surface area contributed by atoms with Crippen LogP contribution in [-0.4, -0.2) is 4.57 Å². The van der Waals surface area contributed by atoms with Gasteiger partial charge in [-0.15, -0.1) is 11.3 Å². The summed E-state index contributed by atoms with van der Waals surface area (Å²) in [5.74, 6) is 0. The number of benzene rings is 2. The summed E-state index contributed by atoms with van der Waals surface area (Å²) < 4.78 is 5.06. The van der Waals surface area contributed by atoms with Crippen molar-refractivity contribution < 1.29 is 0 Å². The van der Waals surface area contributed by atoms with E-state index in [0.717, 1.165) is 0 Å². The van der Waals surface area contributed by atoms with Gasteiger partial charge < -0.3 is 4.57 Å². The molecule has 4 aromatic rings. The summed E-state index contributed by atoms with van der Waals surface area (Å²) in [5.41, 5.74) is 3.82. The molecule has 0 radical (unpaired) electrons. The van der Waals surface area contributed by atoms with Gasteiger partial charge in [0, 0.05) is 11.1 Å². The minimum absolute atomic E-state index is 1.22. The monoisotopic (exact) mass is 375 g/mol. The Morgan fingerprint density at radius 2 is 1.58 bits per heavy atom. The fourth-order valence-electron chi connectivity index (χ4n) is 2.56. The minimum Gasteiger partial charge on any atom is -0.308 e. The Hall–Kier alpha value is -1.33. The summed E-state index contributed by atoms with van der Waals surface area (Å²) in [6.07, 6.45) is 0. The SMILES string of the molecule is Ic1cc2c(s1)c1ccccc1n2-c1ccccc1. The van der Waals surface area contributed by atoms with Crippen LogP contribution in [0.2, 0.25) is 0 Å². The lowest BCUT2D eigenvalue weighted by atomic mass is 10.2. The van der Waals surface area contributed by atoms with E-state index < -0.39 is 0 Å². The molecule has 19 heavy (non-hydrogen) atoms. The summed E-state index contributed by atoms with van der Waals surface area (Å²) in [7, 11) is 0. The van der Waals surface area contributed by atoms with E-state index in [9.17, 15) is 0 Å². The van der Waals surface area contributed by atoms with Crippen molar-refractivity contribution in [3.8, 4) is 5.69 Å². The van der Waals surface area contributed by atoms with Crippen LogP contribution >= 0.6 is 33.9 Å². The van der Waals surface area contributed by atoms with E-state index in [-0.39, 0.29) is 0 Å². The van der Waals surface area contributed by atoms with Crippen LogP contribution < -0.4 is 0 Å². The molecule has 0 aliphatic carbocycles. The third-order valence-corrected chi connectivity index (χ3v) is 5.25. The first-order valence-corrected chi connectivity index (χ1v) is 7.98. The molecule has 0 spiro atoms. The van der Waals surface area contributed by atoms with Crippen molar-refractivity contribution in [1.29, 1.82) is 0 Å². The Morgan fingerprint density at radius 3 is 2.42 bits per heavy atom. The maximum atomic E-state index is 2.40. The maximum Gasteiger partial charge on any atom is 0.0681 e. The lowest BCUT2D eigenvalue weighted by Gasteiger charge is -2.06. The maximum absolute atomic E-state index is 2.40. The van der Waals surface area contributed by atoms with Crippen molar-refractivity contribution >= 4 is 55.0 Å². The van der Waals surface area contributed by atoms with Gasteiger partial charge in [-0.3, -0.25) is 0 Å². The van der Waals surface area contributed by atoms with Crippen molar-refractivity contribution in [2.75, 3.05) is 0 Å². The molecule has 0 saturated carbocycles. The number of halogens is 1. The molecule has 0 bridgehead atoms. The Labute approximate surface area is 128 Å². The molecule has 0 aliphatic rings. The molecule has 0 saturated heterocycles. The highest BCUT2D eigenvalue weighted by molar-refractivity contribution is 14.1. The Bertz CT molecular complexity index is 874. The Kier molecular flexibility index (Phi) is 2.63. The van der Waals surface area contributed by atoms with Gasteiger partial charge in [0.1, 0.15) is 0 Å². The van der Waals surface area contributed by atoms with E-state index >= 15 is 0 Å². The van der Waals surface area contributed by atoms with Gasteiger partial charge in [-0.2, -0.15) is 0 Å². The minimum atomic E-state index is 1.22. The summed E-state index contributed by atoms with van der Waals surface area (Å²) in [4.78, 5) is 0. The third kappa shape index (κ3) is 1.72. The van der Waals surface area contributed by atoms with Crippen LogP contribution in [0, 0.1) is 2.88 Å². The van der Waals surface area contributed by atoms with Gasteiger partial charge in [0.05, 0.1) is 18.6 Å². The van der Waals surface area contributed by atoms with Crippen LogP contribution in [0.25, 0.3) is 26.8 Å². The quantitative estimate of drug-likeness (QED) is 0.390. The van der Waals surface area contributed by atoms with Gasteiger partial charge in [-0.05, 0) is 46.9 Å². The molecular weight excluding hydrogens is 365 g/mol. The first kappa shape index (κ1) is 11.5. The molecule has 2 aromatic heterocycles. The number of nitrogens with zero attached hydrogens (tertiary/aromatic N) is 1. The zero-order valence-corrected chi connectivity index (χ0v) is 13.0. The fraction of sp³-hybridized carbons (Fsp3) is 0. The average Bonchev–Trinajstić information content (AvgIpc) is 2.95. The third-order valence-electron chi connectivity index (χ3n) is 3.33. The van der Waals surface area contributed by atoms with Crippen molar-refractivity contribution in [2.45, 2.75) is 0 Å². The number of para-hydroxylation sites is 2. The average molecular weight is 375 g/mol. The normalized spacial score (nSPS) is 11.4. The van der Waals surface area contributed by atoms with Crippen LogP contribution in [-0.2, 0) is 0 Å². The van der Waals surface area contributed by atoms with E-state index in [0.29, 0.717) is 0 Å². The lowest BCUT2D eigenvalue weighted by Crippen LogP contribution is -1.91. The van der Waals surface area contributed by atoms with Gasteiger partial charge in [-0.25, -0.2) is 0 Å². The summed E-state index contributed by atoms with van der Waals surface area (Å²) in [5, 5.41) is 1.34. The molecule has 0 fully saturated rings. The Balaban J connectivity index is 2.22. The topological polar surface area (TPSA) is 4.93 Å². The van der Waals surface area contributed by atoms with E-state index in [4.69, 9.17) is 0 Å². The van der Waals surface area contributed by atoms with Gasteiger partial charge in [0.15, 0.2) is 0 Å². The largest absolute Gasteiger partial charge is 0.308 e. The van der Waals surface area contributed by atoms with Crippen molar-refractivity contribution in [3.05, 3.63) is 63.5 Å². The van der Waals surface area contributed by atoms with E-state index in [1.54, 1.807) is 0 Å². The number of rotatable bonds is 1. The van der Waals surface area contributed by atoms with Crippen LogP contribution in [0.15, 0.2) is 60.7 Å². The molecule has 0 unspecified atom stereocenters. The fourth-order valence-corrected chi connectivity index (χ4v) is 4.42. The van der Waals surface area contributed by atoms with Crippen LogP contribution in [0.4, 0.5) is 0 Å². The van der Waals surface area contributed by atoms with Crippen molar-refractivity contribution in [1.82, 2.24) is 4.57 Å². The van der Waals surface area contributed by atoms with Gasteiger partial charge >= 0.3 is 0 Å². The molecule has 2 heterocycles. The second-order valence-electron chi connectivity index (χ2n) is 4.45. The molecule has 4 rings (SSSR count). The van der Waals surface area contributed by atoms with E-state index in [2.05, 4.69) is 87.8 Å². The summed E-state index contributed by atoms with van der Waals surface area (Å²) in [6, 6.07) is 21.5. The van der Waals surface area contributed by atoms with E-state index in [1.165, 1.54) is 29.7 Å². The number of hydrogen-bond donors (Lipinski definition) is 0. The molecule has 0 atom stereocenters. The lowest BCUT2D eigenvalue weighted by molar-refractivity contribution is 1.18. The van der Waals surface area contributed by atoms with Crippen LogP contribution in [0.3, 0.4) is 0 Å². The van der Waals surface area contributed by atoms with Crippen molar-refractivity contribution in [3.63, 3.8) is 0 Å². The molecule has 92 valence electrons. The second kappa shape index (κ2) is 4.35. The predicted octanol–water partition coefficient (Wildman–Crippen LogP) is 5.45. The number of fused-ring (bicyclic) bond motifs is 3. The molecule has 0 N–H and O–H groups in total. The zero-order chi connectivity index (χ0) is 12.8. The van der Waals surface area contributed by atoms with E-state index in [1.807, 2.05) is 11.3 Å². The second-order valence-corrected chi connectivity index (χ2v) is 7.40. The molecular formula is C16H10INS. The molecule has 3 heteroatoms. The summed E-state index contributed by atoms with van der Waals surface area (Å²) >= 11 is 4.27. The van der Waals surface area contributed by atoms with Crippen molar-refractivity contribution in [2.24, 2.45) is 0 Å². The smallest absolute Gasteiger partial charge is 0.0681 e. The molecule has 2 aromatic carbocycles. The highest BCUT2D eigenvalue weighted by atomic mass is 127. The number of thiophene rings is 1. The zero-order valence-electron chi connectivity index (χ0n) is 10.0. The van der Waals surface area contributed by atoms with Crippen LogP contribution in [0.1, 0.15) is 0 Å².